The standard InChI is InChI=1S/C16H11BrFNO/c17-13-9-10(6-7-14(13)18)16(20)12-3-1-5-15-11(12)4-2-8-19-15/h1-9,16,20H. The molecule has 3 rings (SSSR count). The van der Waals surface area contributed by atoms with Crippen LogP contribution in [0.2, 0.25) is 0 Å². The predicted molar refractivity (Wildman–Crippen MR) is 79.9 cm³/mol. The molecule has 3 aromatic rings. The Bertz CT molecular complexity index is 770. The van der Waals surface area contributed by atoms with Crippen molar-refractivity contribution in [1.29, 1.82) is 0 Å². The molecule has 0 amide bonds. The highest BCUT2D eigenvalue weighted by atomic mass is 79.9. The van der Waals surface area contributed by atoms with Crippen molar-refractivity contribution in [2.24, 2.45) is 0 Å². The summed E-state index contributed by atoms with van der Waals surface area (Å²) < 4.78 is 13.6. The number of aliphatic hydroxyl groups is 1. The van der Waals surface area contributed by atoms with E-state index in [1.54, 1.807) is 18.3 Å². The smallest absolute Gasteiger partial charge is 0.137 e. The average Bonchev–Trinajstić information content (AvgIpc) is 2.49. The second-order valence-corrected chi connectivity index (χ2v) is 5.35. The van der Waals surface area contributed by atoms with Crippen LogP contribution in [0.25, 0.3) is 10.9 Å². The number of hydrogen-bond acceptors (Lipinski definition) is 2. The molecule has 0 bridgehead atoms. The zero-order chi connectivity index (χ0) is 14.1. The molecular formula is C16H11BrFNO. The van der Waals surface area contributed by atoms with E-state index in [0.29, 0.717) is 10.0 Å². The highest BCUT2D eigenvalue weighted by molar-refractivity contribution is 9.10. The lowest BCUT2D eigenvalue weighted by molar-refractivity contribution is 0.221. The van der Waals surface area contributed by atoms with E-state index >= 15 is 0 Å². The molecule has 0 aliphatic carbocycles. The van der Waals surface area contributed by atoms with Crippen LogP contribution in [0.15, 0.2) is 59.2 Å². The lowest BCUT2D eigenvalue weighted by atomic mass is 9.98. The average molecular weight is 332 g/mol. The molecule has 20 heavy (non-hydrogen) atoms. The molecule has 0 saturated heterocycles. The molecule has 0 fully saturated rings. The van der Waals surface area contributed by atoms with Gasteiger partial charge in [0.25, 0.3) is 0 Å². The number of aromatic nitrogens is 1. The van der Waals surface area contributed by atoms with Crippen LogP contribution in [0.1, 0.15) is 17.2 Å². The van der Waals surface area contributed by atoms with Crippen molar-refractivity contribution >= 4 is 26.8 Å². The van der Waals surface area contributed by atoms with Crippen LogP contribution in [0.3, 0.4) is 0 Å². The normalized spacial score (nSPS) is 12.6. The van der Waals surface area contributed by atoms with Gasteiger partial charge in [0.2, 0.25) is 0 Å². The first kappa shape index (κ1) is 13.2. The van der Waals surface area contributed by atoms with E-state index in [9.17, 15) is 9.50 Å². The second-order valence-electron chi connectivity index (χ2n) is 4.49. The van der Waals surface area contributed by atoms with E-state index in [-0.39, 0.29) is 5.82 Å². The molecule has 1 N–H and O–H groups in total. The largest absolute Gasteiger partial charge is 0.384 e. The summed E-state index contributed by atoms with van der Waals surface area (Å²) >= 11 is 3.14. The molecule has 100 valence electrons. The Hall–Kier alpha value is -1.78. The lowest BCUT2D eigenvalue weighted by Gasteiger charge is -2.14. The SMILES string of the molecule is OC(c1ccc(F)c(Br)c1)c1cccc2ncccc12. The molecule has 2 nitrogen and oxygen atoms in total. The van der Waals surface area contributed by atoms with E-state index in [4.69, 9.17) is 0 Å². The van der Waals surface area contributed by atoms with Crippen LogP contribution in [0.4, 0.5) is 4.39 Å². The maximum Gasteiger partial charge on any atom is 0.137 e. The van der Waals surface area contributed by atoms with E-state index < -0.39 is 6.10 Å². The van der Waals surface area contributed by atoms with Gasteiger partial charge < -0.3 is 5.11 Å². The highest BCUT2D eigenvalue weighted by Gasteiger charge is 2.15. The van der Waals surface area contributed by atoms with Gasteiger partial charge in [-0.25, -0.2) is 4.39 Å². The fourth-order valence-corrected chi connectivity index (χ4v) is 2.62. The molecule has 2 aromatic carbocycles. The molecule has 1 heterocycles. The molecule has 0 aliphatic rings. The zero-order valence-electron chi connectivity index (χ0n) is 10.4. The molecule has 0 radical (unpaired) electrons. The Balaban J connectivity index is 2.12. The van der Waals surface area contributed by atoms with Crippen molar-refractivity contribution in [2.45, 2.75) is 6.10 Å². The summed E-state index contributed by atoms with van der Waals surface area (Å²) in [6.07, 6.45) is 0.896. The summed E-state index contributed by atoms with van der Waals surface area (Å²) in [6.45, 7) is 0. The summed E-state index contributed by atoms with van der Waals surface area (Å²) in [5.41, 5.74) is 2.22. The third-order valence-electron chi connectivity index (χ3n) is 3.23. The van der Waals surface area contributed by atoms with Crippen LogP contribution in [-0.2, 0) is 0 Å². The van der Waals surface area contributed by atoms with Gasteiger partial charge in [-0.1, -0.05) is 24.3 Å². The Morgan fingerprint density at radius 3 is 2.75 bits per heavy atom. The summed E-state index contributed by atoms with van der Waals surface area (Å²) in [7, 11) is 0. The Morgan fingerprint density at radius 2 is 1.95 bits per heavy atom. The van der Waals surface area contributed by atoms with Crippen LogP contribution in [0, 0.1) is 5.82 Å². The minimum Gasteiger partial charge on any atom is -0.384 e. The van der Waals surface area contributed by atoms with Gasteiger partial charge in [0.15, 0.2) is 0 Å². The Morgan fingerprint density at radius 1 is 1.10 bits per heavy atom. The lowest BCUT2D eigenvalue weighted by Crippen LogP contribution is -2.01. The third-order valence-corrected chi connectivity index (χ3v) is 3.84. The van der Waals surface area contributed by atoms with Crippen LogP contribution >= 0.6 is 15.9 Å². The Labute approximate surface area is 124 Å². The van der Waals surface area contributed by atoms with E-state index in [1.807, 2.05) is 30.3 Å². The zero-order valence-corrected chi connectivity index (χ0v) is 12.0. The number of benzene rings is 2. The molecule has 4 heteroatoms. The maximum atomic E-state index is 13.3. The van der Waals surface area contributed by atoms with Gasteiger partial charge in [0, 0.05) is 11.6 Å². The van der Waals surface area contributed by atoms with Gasteiger partial charge in [-0.2, -0.15) is 0 Å². The number of hydrogen-bond donors (Lipinski definition) is 1. The summed E-state index contributed by atoms with van der Waals surface area (Å²) in [6, 6.07) is 13.9. The van der Waals surface area contributed by atoms with E-state index in [1.165, 1.54) is 6.07 Å². The first-order valence-corrected chi connectivity index (χ1v) is 6.93. The number of fused-ring (bicyclic) bond motifs is 1. The summed E-state index contributed by atoms with van der Waals surface area (Å²) in [5, 5.41) is 11.4. The van der Waals surface area contributed by atoms with Gasteiger partial charge in [-0.15, -0.1) is 0 Å². The Kier molecular flexibility index (Phi) is 3.51. The van der Waals surface area contributed by atoms with E-state index in [0.717, 1.165) is 16.5 Å². The molecular weight excluding hydrogens is 321 g/mol. The number of halogens is 2. The van der Waals surface area contributed by atoms with Crippen molar-refractivity contribution in [3.05, 3.63) is 76.1 Å². The van der Waals surface area contributed by atoms with Crippen molar-refractivity contribution in [1.82, 2.24) is 4.98 Å². The minimum atomic E-state index is -0.820. The fourth-order valence-electron chi connectivity index (χ4n) is 2.23. The third kappa shape index (κ3) is 2.32. The molecule has 1 atom stereocenters. The van der Waals surface area contributed by atoms with Crippen LogP contribution in [-0.4, -0.2) is 10.1 Å². The van der Waals surface area contributed by atoms with Gasteiger partial charge >= 0.3 is 0 Å². The van der Waals surface area contributed by atoms with Gasteiger partial charge in [-0.05, 0) is 51.3 Å². The molecule has 0 saturated carbocycles. The monoisotopic (exact) mass is 331 g/mol. The second kappa shape index (κ2) is 5.31. The highest BCUT2D eigenvalue weighted by Crippen LogP contribution is 2.30. The van der Waals surface area contributed by atoms with Crippen molar-refractivity contribution in [2.75, 3.05) is 0 Å². The van der Waals surface area contributed by atoms with E-state index in [2.05, 4.69) is 20.9 Å². The number of nitrogens with zero attached hydrogens (tertiary/aromatic N) is 1. The number of pyridine rings is 1. The molecule has 1 aromatic heterocycles. The topological polar surface area (TPSA) is 33.1 Å². The maximum absolute atomic E-state index is 13.3. The van der Waals surface area contributed by atoms with Crippen LogP contribution < -0.4 is 0 Å². The predicted octanol–water partition coefficient (Wildman–Crippen LogP) is 4.22. The van der Waals surface area contributed by atoms with Crippen molar-refractivity contribution < 1.29 is 9.50 Å². The quantitative estimate of drug-likeness (QED) is 0.762. The molecule has 0 spiro atoms. The summed E-state index contributed by atoms with van der Waals surface area (Å²) in [4.78, 5) is 4.27. The summed E-state index contributed by atoms with van der Waals surface area (Å²) in [5.74, 6) is -0.347. The number of aliphatic hydroxyl groups excluding tert-OH is 1. The minimum absolute atomic E-state index is 0.340. The van der Waals surface area contributed by atoms with Crippen LogP contribution in [0.5, 0.6) is 0 Å². The van der Waals surface area contributed by atoms with Gasteiger partial charge in [0.05, 0.1) is 9.99 Å². The first-order chi connectivity index (χ1) is 9.66. The van der Waals surface area contributed by atoms with Crippen molar-refractivity contribution in [3.63, 3.8) is 0 Å². The fraction of sp³-hybridized carbons (Fsp3) is 0.0625. The van der Waals surface area contributed by atoms with Gasteiger partial charge in [0.1, 0.15) is 11.9 Å². The molecule has 1 unspecified atom stereocenters. The number of rotatable bonds is 2. The molecule has 0 aliphatic heterocycles. The first-order valence-electron chi connectivity index (χ1n) is 6.13. The van der Waals surface area contributed by atoms with Crippen molar-refractivity contribution in [3.8, 4) is 0 Å². The van der Waals surface area contributed by atoms with Gasteiger partial charge in [-0.3, -0.25) is 4.98 Å².